The van der Waals surface area contributed by atoms with Crippen LogP contribution in [0.15, 0.2) is 30.6 Å². The van der Waals surface area contributed by atoms with Crippen molar-refractivity contribution < 1.29 is 4.74 Å². The predicted molar refractivity (Wildman–Crippen MR) is 79.6 cm³/mol. The maximum Gasteiger partial charge on any atom is 0.147 e. The molecule has 1 saturated heterocycles. The molecule has 0 saturated carbocycles. The van der Waals surface area contributed by atoms with Gasteiger partial charge in [-0.15, -0.1) is 0 Å². The second-order valence-corrected chi connectivity index (χ2v) is 5.33. The smallest absolute Gasteiger partial charge is 0.147 e. The molecule has 0 N–H and O–H groups in total. The van der Waals surface area contributed by atoms with Gasteiger partial charge < -0.3 is 9.64 Å². The van der Waals surface area contributed by atoms with Gasteiger partial charge in [0.1, 0.15) is 23.7 Å². The number of hydrogen-bond acceptors (Lipinski definition) is 5. The van der Waals surface area contributed by atoms with E-state index in [0.717, 1.165) is 24.5 Å². The van der Waals surface area contributed by atoms with Gasteiger partial charge in [0.05, 0.1) is 23.7 Å². The van der Waals surface area contributed by atoms with Crippen LogP contribution in [0, 0.1) is 18.3 Å². The van der Waals surface area contributed by atoms with Gasteiger partial charge in [0, 0.05) is 24.2 Å². The van der Waals surface area contributed by atoms with Crippen molar-refractivity contribution in [2.45, 2.75) is 13.0 Å². The van der Waals surface area contributed by atoms with Crippen LogP contribution in [0.2, 0.25) is 5.02 Å². The standard InChI is InChI=1S/C15H13ClN4O/c1-10-4-12(2-3-18-10)21-13-8-20(9-13)15-14(16)5-11(6-17)7-19-15/h2-5,7,13H,8-9H2,1H3. The lowest BCUT2D eigenvalue weighted by Gasteiger charge is -2.40. The third kappa shape index (κ3) is 2.91. The van der Waals surface area contributed by atoms with Crippen molar-refractivity contribution >= 4 is 17.4 Å². The van der Waals surface area contributed by atoms with Crippen LogP contribution in [-0.4, -0.2) is 29.2 Å². The Kier molecular flexibility index (Phi) is 3.63. The summed E-state index contributed by atoms with van der Waals surface area (Å²) in [5, 5.41) is 9.30. The van der Waals surface area contributed by atoms with Gasteiger partial charge in [-0.3, -0.25) is 4.98 Å². The van der Waals surface area contributed by atoms with Gasteiger partial charge in [-0.2, -0.15) is 5.26 Å². The third-order valence-corrected chi connectivity index (χ3v) is 3.55. The molecule has 0 bridgehead atoms. The molecule has 0 amide bonds. The van der Waals surface area contributed by atoms with Crippen LogP contribution < -0.4 is 9.64 Å². The number of halogens is 1. The Morgan fingerprint density at radius 3 is 2.86 bits per heavy atom. The van der Waals surface area contributed by atoms with E-state index in [9.17, 15) is 0 Å². The molecule has 0 spiro atoms. The predicted octanol–water partition coefficient (Wildman–Crippen LogP) is 2.58. The van der Waals surface area contributed by atoms with E-state index in [1.165, 1.54) is 6.20 Å². The molecule has 1 aliphatic heterocycles. The van der Waals surface area contributed by atoms with Gasteiger partial charge in [0.2, 0.25) is 0 Å². The number of anilines is 1. The fourth-order valence-electron chi connectivity index (χ4n) is 2.20. The molecule has 6 heteroatoms. The molecule has 0 aromatic carbocycles. The highest BCUT2D eigenvalue weighted by Gasteiger charge is 2.30. The van der Waals surface area contributed by atoms with Gasteiger partial charge in [-0.25, -0.2) is 4.98 Å². The van der Waals surface area contributed by atoms with Crippen LogP contribution in [0.1, 0.15) is 11.3 Å². The molecule has 1 fully saturated rings. The lowest BCUT2D eigenvalue weighted by atomic mass is 10.1. The maximum atomic E-state index is 8.80. The van der Waals surface area contributed by atoms with E-state index in [4.69, 9.17) is 21.6 Å². The number of aromatic nitrogens is 2. The van der Waals surface area contributed by atoms with E-state index in [0.29, 0.717) is 16.4 Å². The Morgan fingerprint density at radius 1 is 1.38 bits per heavy atom. The average Bonchev–Trinajstić information content (AvgIpc) is 2.43. The molecule has 0 unspecified atom stereocenters. The average molecular weight is 301 g/mol. The number of aryl methyl sites for hydroxylation is 1. The maximum absolute atomic E-state index is 8.80. The zero-order valence-corrected chi connectivity index (χ0v) is 12.2. The Bertz CT molecular complexity index is 707. The summed E-state index contributed by atoms with van der Waals surface area (Å²) in [5.74, 6) is 1.52. The van der Waals surface area contributed by atoms with Gasteiger partial charge in [0.25, 0.3) is 0 Å². The lowest BCUT2D eigenvalue weighted by molar-refractivity contribution is 0.166. The molecule has 3 rings (SSSR count). The fourth-order valence-corrected chi connectivity index (χ4v) is 2.48. The Balaban J connectivity index is 1.62. The van der Waals surface area contributed by atoms with Crippen molar-refractivity contribution in [2.24, 2.45) is 0 Å². The van der Waals surface area contributed by atoms with Crippen molar-refractivity contribution in [3.05, 3.63) is 46.9 Å². The summed E-state index contributed by atoms with van der Waals surface area (Å²) in [4.78, 5) is 10.4. The Morgan fingerprint density at radius 2 is 2.19 bits per heavy atom. The summed E-state index contributed by atoms with van der Waals surface area (Å²) < 4.78 is 5.86. The first kappa shape index (κ1) is 13.7. The summed E-state index contributed by atoms with van der Waals surface area (Å²) in [5.41, 5.74) is 1.39. The minimum absolute atomic E-state index is 0.111. The highest BCUT2D eigenvalue weighted by atomic mass is 35.5. The van der Waals surface area contributed by atoms with E-state index in [1.807, 2.05) is 30.0 Å². The largest absolute Gasteiger partial charge is 0.487 e. The van der Waals surface area contributed by atoms with Gasteiger partial charge in [0.15, 0.2) is 0 Å². The molecule has 3 heterocycles. The molecular weight excluding hydrogens is 288 g/mol. The molecule has 0 atom stereocenters. The quantitative estimate of drug-likeness (QED) is 0.872. The van der Waals surface area contributed by atoms with E-state index < -0.39 is 0 Å². The molecule has 0 aliphatic carbocycles. The van der Waals surface area contributed by atoms with Gasteiger partial charge in [-0.05, 0) is 19.1 Å². The minimum atomic E-state index is 0.111. The lowest BCUT2D eigenvalue weighted by Crippen LogP contribution is -2.54. The number of nitrogens with zero attached hydrogens (tertiary/aromatic N) is 4. The number of hydrogen-bond donors (Lipinski definition) is 0. The van der Waals surface area contributed by atoms with E-state index in [2.05, 4.69) is 9.97 Å². The first-order valence-electron chi connectivity index (χ1n) is 6.55. The molecule has 2 aromatic rings. The molecule has 0 radical (unpaired) electrons. The minimum Gasteiger partial charge on any atom is -0.487 e. The Hall–Kier alpha value is -2.32. The molecule has 5 nitrogen and oxygen atoms in total. The number of ether oxygens (including phenoxy) is 1. The van der Waals surface area contributed by atoms with Gasteiger partial charge >= 0.3 is 0 Å². The topological polar surface area (TPSA) is 62.0 Å². The zero-order valence-electron chi connectivity index (χ0n) is 11.5. The zero-order chi connectivity index (χ0) is 14.8. The van der Waals surface area contributed by atoms with Crippen LogP contribution in [0.25, 0.3) is 0 Å². The summed E-state index contributed by atoms with van der Waals surface area (Å²) in [7, 11) is 0. The summed E-state index contributed by atoms with van der Waals surface area (Å²) in [6.07, 6.45) is 3.38. The van der Waals surface area contributed by atoms with Crippen molar-refractivity contribution in [3.8, 4) is 11.8 Å². The molecular formula is C15H13ClN4O. The highest BCUT2D eigenvalue weighted by Crippen LogP contribution is 2.29. The molecule has 21 heavy (non-hydrogen) atoms. The second kappa shape index (κ2) is 5.58. The van der Waals surface area contributed by atoms with Crippen LogP contribution >= 0.6 is 11.6 Å². The van der Waals surface area contributed by atoms with Crippen molar-refractivity contribution in [1.82, 2.24) is 9.97 Å². The van der Waals surface area contributed by atoms with Crippen LogP contribution in [0.3, 0.4) is 0 Å². The fraction of sp³-hybridized carbons (Fsp3) is 0.267. The van der Waals surface area contributed by atoms with Gasteiger partial charge in [-0.1, -0.05) is 11.6 Å². The highest BCUT2D eigenvalue weighted by molar-refractivity contribution is 6.33. The first-order valence-corrected chi connectivity index (χ1v) is 6.93. The van der Waals surface area contributed by atoms with Crippen LogP contribution in [-0.2, 0) is 0 Å². The van der Waals surface area contributed by atoms with Crippen LogP contribution in [0.5, 0.6) is 5.75 Å². The number of pyridine rings is 2. The molecule has 2 aromatic heterocycles. The van der Waals surface area contributed by atoms with E-state index >= 15 is 0 Å². The number of rotatable bonds is 3. The second-order valence-electron chi connectivity index (χ2n) is 4.92. The van der Waals surface area contributed by atoms with Crippen molar-refractivity contribution in [1.29, 1.82) is 5.26 Å². The SMILES string of the molecule is Cc1cc(OC2CN(c3ncc(C#N)cc3Cl)C2)ccn1. The normalized spacial score (nSPS) is 14.4. The summed E-state index contributed by atoms with van der Waals surface area (Å²) in [6, 6.07) is 7.41. The monoisotopic (exact) mass is 300 g/mol. The first-order chi connectivity index (χ1) is 10.2. The summed E-state index contributed by atoms with van der Waals surface area (Å²) in [6.45, 7) is 3.38. The third-order valence-electron chi connectivity index (χ3n) is 3.27. The van der Waals surface area contributed by atoms with Crippen LogP contribution in [0.4, 0.5) is 5.82 Å². The Labute approximate surface area is 127 Å². The van der Waals surface area contributed by atoms with E-state index in [1.54, 1.807) is 12.3 Å². The van der Waals surface area contributed by atoms with Crippen molar-refractivity contribution in [3.63, 3.8) is 0 Å². The number of nitriles is 1. The van der Waals surface area contributed by atoms with Crippen molar-refractivity contribution in [2.75, 3.05) is 18.0 Å². The van der Waals surface area contributed by atoms with E-state index in [-0.39, 0.29) is 6.10 Å². The molecule has 1 aliphatic rings. The molecule has 106 valence electrons. The summed E-state index contributed by atoms with van der Waals surface area (Å²) >= 11 is 6.14.